The van der Waals surface area contributed by atoms with Crippen LogP contribution < -0.4 is 5.32 Å². The lowest BCUT2D eigenvalue weighted by atomic mass is 10.0. The molecule has 1 heterocycles. The van der Waals surface area contributed by atoms with E-state index in [4.69, 9.17) is 4.74 Å². The lowest BCUT2D eigenvalue weighted by molar-refractivity contribution is -0.117. The van der Waals surface area contributed by atoms with Gasteiger partial charge in [-0.05, 0) is 56.0 Å². The molecule has 5 nitrogen and oxygen atoms in total. The maximum atomic E-state index is 12.1. The van der Waals surface area contributed by atoms with Gasteiger partial charge in [0.15, 0.2) is 0 Å². The first kappa shape index (κ1) is 19.6. The number of aryl methyl sites for hydroxylation is 3. The van der Waals surface area contributed by atoms with Crippen molar-refractivity contribution in [3.63, 3.8) is 0 Å². The van der Waals surface area contributed by atoms with Crippen molar-refractivity contribution < 1.29 is 14.6 Å². The molecule has 1 unspecified atom stereocenters. The summed E-state index contributed by atoms with van der Waals surface area (Å²) in [7, 11) is 0. The number of β-amino-alcohol motifs (C(OH)–C–C–N with tert-alkyl or cyclic N) is 1. The van der Waals surface area contributed by atoms with Gasteiger partial charge in [-0.1, -0.05) is 12.1 Å². The summed E-state index contributed by atoms with van der Waals surface area (Å²) in [5, 5.41) is 13.3. The number of carbonyl (C=O) groups excluding carboxylic acids is 1. The highest BCUT2D eigenvalue weighted by Gasteiger charge is 2.25. The number of nitrogens with zero attached hydrogens (tertiary/aromatic N) is 1. The van der Waals surface area contributed by atoms with Crippen molar-refractivity contribution in [2.24, 2.45) is 0 Å². The van der Waals surface area contributed by atoms with E-state index in [1.165, 1.54) is 17.2 Å². The van der Waals surface area contributed by atoms with Crippen molar-refractivity contribution in [2.45, 2.75) is 33.3 Å². The van der Waals surface area contributed by atoms with Crippen LogP contribution in [0.3, 0.4) is 0 Å². The lowest BCUT2D eigenvalue weighted by Gasteiger charge is -2.33. The predicted molar refractivity (Wildman–Crippen MR) is 101 cm³/mol. The van der Waals surface area contributed by atoms with E-state index in [2.05, 4.69) is 36.2 Å². The molecule has 2 rings (SSSR count). The molecule has 25 heavy (non-hydrogen) atoms. The van der Waals surface area contributed by atoms with Gasteiger partial charge in [-0.3, -0.25) is 9.69 Å². The topological polar surface area (TPSA) is 61.8 Å². The Kier molecular flexibility index (Phi) is 6.76. The number of morpholine rings is 1. The molecule has 1 aromatic rings. The van der Waals surface area contributed by atoms with Crippen LogP contribution >= 0.6 is 0 Å². The van der Waals surface area contributed by atoms with Gasteiger partial charge in [0, 0.05) is 32.3 Å². The summed E-state index contributed by atoms with van der Waals surface area (Å²) >= 11 is 0. The number of ether oxygens (including phenoxy) is 1. The number of nitrogens with one attached hydrogen (secondary N) is 1. The van der Waals surface area contributed by atoms with Crippen molar-refractivity contribution in [3.05, 3.63) is 40.5 Å². The molecule has 1 saturated heterocycles. The number of carbonyl (C=O) groups is 1. The first-order valence-electron chi connectivity index (χ1n) is 8.83. The third-order valence-corrected chi connectivity index (χ3v) is 4.61. The van der Waals surface area contributed by atoms with Crippen LogP contribution in [0.25, 0.3) is 6.08 Å². The molecule has 0 spiro atoms. The second kappa shape index (κ2) is 8.61. The van der Waals surface area contributed by atoms with Crippen molar-refractivity contribution in [3.8, 4) is 0 Å². The fourth-order valence-corrected chi connectivity index (χ4v) is 2.96. The van der Waals surface area contributed by atoms with E-state index in [0.717, 1.165) is 24.2 Å². The van der Waals surface area contributed by atoms with Crippen molar-refractivity contribution in [2.75, 3.05) is 39.4 Å². The first-order valence-corrected chi connectivity index (χ1v) is 8.83. The molecular formula is C20H30N2O3. The summed E-state index contributed by atoms with van der Waals surface area (Å²) in [5.41, 5.74) is 3.68. The molecule has 1 aliphatic rings. The molecule has 0 saturated carbocycles. The summed E-state index contributed by atoms with van der Waals surface area (Å²) in [6.07, 6.45) is 3.36. The number of hydrogen-bond donors (Lipinski definition) is 2. The van der Waals surface area contributed by atoms with Crippen molar-refractivity contribution in [1.82, 2.24) is 10.2 Å². The van der Waals surface area contributed by atoms with Crippen LogP contribution in [-0.2, 0) is 9.53 Å². The van der Waals surface area contributed by atoms with Gasteiger partial charge in [0.1, 0.15) is 0 Å². The summed E-state index contributed by atoms with van der Waals surface area (Å²) in [6, 6.07) is 4.21. The number of rotatable bonds is 6. The van der Waals surface area contributed by atoms with Crippen LogP contribution in [0.2, 0.25) is 0 Å². The summed E-state index contributed by atoms with van der Waals surface area (Å²) < 4.78 is 5.31. The fourth-order valence-electron chi connectivity index (χ4n) is 2.96. The lowest BCUT2D eigenvalue weighted by Crippen LogP contribution is -2.51. The zero-order valence-electron chi connectivity index (χ0n) is 15.8. The highest BCUT2D eigenvalue weighted by atomic mass is 16.5. The van der Waals surface area contributed by atoms with Crippen molar-refractivity contribution in [1.29, 1.82) is 0 Å². The van der Waals surface area contributed by atoms with E-state index in [0.29, 0.717) is 19.8 Å². The monoisotopic (exact) mass is 346 g/mol. The van der Waals surface area contributed by atoms with E-state index in [9.17, 15) is 9.90 Å². The average Bonchev–Trinajstić information content (AvgIpc) is 2.56. The van der Waals surface area contributed by atoms with Gasteiger partial charge in [0.2, 0.25) is 5.91 Å². The Morgan fingerprint density at radius 1 is 1.24 bits per heavy atom. The molecular weight excluding hydrogens is 316 g/mol. The summed E-state index contributed by atoms with van der Waals surface area (Å²) in [6.45, 7) is 11.7. The minimum absolute atomic E-state index is 0.195. The summed E-state index contributed by atoms with van der Waals surface area (Å²) in [5.74, 6) is -0.195. The van der Waals surface area contributed by atoms with E-state index >= 15 is 0 Å². The molecule has 1 fully saturated rings. The third kappa shape index (κ3) is 6.27. The Balaban J connectivity index is 1.86. The molecule has 0 bridgehead atoms. The zero-order chi connectivity index (χ0) is 18.4. The molecule has 1 amide bonds. The predicted octanol–water partition coefficient (Wildman–Crippen LogP) is 1.82. The van der Waals surface area contributed by atoms with Crippen LogP contribution in [-0.4, -0.2) is 60.9 Å². The molecule has 1 atom stereocenters. The molecule has 1 aromatic carbocycles. The van der Waals surface area contributed by atoms with E-state index in [1.54, 1.807) is 6.92 Å². The van der Waals surface area contributed by atoms with Gasteiger partial charge >= 0.3 is 0 Å². The van der Waals surface area contributed by atoms with Crippen LogP contribution in [0.4, 0.5) is 0 Å². The molecule has 0 aliphatic carbocycles. The Hall–Kier alpha value is -1.69. The van der Waals surface area contributed by atoms with Gasteiger partial charge in [-0.2, -0.15) is 0 Å². The normalized spacial score (nSPS) is 18.3. The third-order valence-electron chi connectivity index (χ3n) is 4.61. The zero-order valence-corrected chi connectivity index (χ0v) is 15.8. The number of aliphatic hydroxyl groups is 1. The summed E-state index contributed by atoms with van der Waals surface area (Å²) in [4.78, 5) is 14.2. The van der Waals surface area contributed by atoms with Gasteiger partial charge in [-0.25, -0.2) is 0 Å². The fraction of sp³-hybridized carbons (Fsp3) is 0.550. The maximum Gasteiger partial charge on any atom is 0.244 e. The van der Waals surface area contributed by atoms with Crippen molar-refractivity contribution >= 4 is 12.0 Å². The average molecular weight is 346 g/mol. The minimum atomic E-state index is -0.961. The molecule has 2 N–H and O–H groups in total. The number of benzene rings is 1. The SMILES string of the molecule is Cc1cc(C)c(C=CC(=O)NCC(C)(O)CN2CCOCC2)cc1C. The number of amides is 1. The van der Waals surface area contributed by atoms with Crippen LogP contribution in [0.15, 0.2) is 18.2 Å². The molecule has 138 valence electrons. The standard InChI is InChI=1S/C20H30N2O3/c1-15-11-17(3)18(12-16(15)2)5-6-19(23)21-13-20(4,24)14-22-7-9-25-10-8-22/h5-6,11-12,24H,7-10,13-14H2,1-4H3,(H,21,23). The van der Waals surface area contributed by atoms with Gasteiger partial charge in [0.25, 0.3) is 0 Å². The Morgan fingerprint density at radius 2 is 1.88 bits per heavy atom. The van der Waals surface area contributed by atoms with E-state index in [1.807, 2.05) is 13.0 Å². The van der Waals surface area contributed by atoms with Crippen LogP contribution in [0.5, 0.6) is 0 Å². The maximum absolute atomic E-state index is 12.1. The number of hydrogen-bond acceptors (Lipinski definition) is 4. The van der Waals surface area contributed by atoms with Crippen LogP contribution in [0.1, 0.15) is 29.2 Å². The Labute approximate surface area is 150 Å². The largest absolute Gasteiger partial charge is 0.387 e. The second-order valence-corrected chi connectivity index (χ2v) is 7.23. The van der Waals surface area contributed by atoms with Crippen LogP contribution in [0, 0.1) is 20.8 Å². The van der Waals surface area contributed by atoms with Gasteiger partial charge in [-0.15, -0.1) is 0 Å². The second-order valence-electron chi connectivity index (χ2n) is 7.23. The van der Waals surface area contributed by atoms with Gasteiger partial charge in [0.05, 0.1) is 18.8 Å². The highest BCUT2D eigenvalue weighted by molar-refractivity contribution is 5.92. The Bertz CT molecular complexity index is 632. The quantitative estimate of drug-likeness (QED) is 0.772. The molecule has 5 heteroatoms. The minimum Gasteiger partial charge on any atom is -0.387 e. The molecule has 0 aromatic heterocycles. The Morgan fingerprint density at radius 3 is 2.56 bits per heavy atom. The van der Waals surface area contributed by atoms with E-state index < -0.39 is 5.60 Å². The smallest absolute Gasteiger partial charge is 0.244 e. The molecule has 1 aliphatic heterocycles. The highest BCUT2D eigenvalue weighted by Crippen LogP contribution is 2.16. The van der Waals surface area contributed by atoms with E-state index in [-0.39, 0.29) is 12.5 Å². The first-order chi connectivity index (χ1) is 11.8. The molecule has 0 radical (unpaired) electrons. The van der Waals surface area contributed by atoms with Gasteiger partial charge < -0.3 is 15.2 Å².